The Balaban J connectivity index is 2.20. The fourth-order valence-electron chi connectivity index (χ4n) is 3.15. The van der Waals surface area contributed by atoms with E-state index in [9.17, 15) is 4.79 Å². The topological polar surface area (TPSA) is 38.8 Å². The summed E-state index contributed by atoms with van der Waals surface area (Å²) in [6.45, 7) is 7.44. The zero-order chi connectivity index (χ0) is 19.8. The van der Waals surface area contributed by atoms with Crippen LogP contribution in [0.3, 0.4) is 0 Å². The van der Waals surface area contributed by atoms with Gasteiger partial charge in [-0.1, -0.05) is 72.6 Å². The van der Waals surface area contributed by atoms with Crippen molar-refractivity contribution in [3.05, 3.63) is 62.4 Å². The van der Waals surface area contributed by atoms with Gasteiger partial charge in [-0.05, 0) is 17.7 Å². The molecule has 2 aromatic carbocycles. The molecule has 0 saturated heterocycles. The SMILES string of the molecule is COc1cc2c(cc1OC)/C(=C(\I)[Si](C)(C)C)N(Cc1ccccc1)C2=O. The Morgan fingerprint density at radius 1 is 1.00 bits per heavy atom. The first kappa shape index (κ1) is 19.9. The molecule has 0 unspecified atom stereocenters. The van der Waals surface area contributed by atoms with Gasteiger partial charge in [-0.15, -0.1) is 0 Å². The number of ether oxygens (including phenoxy) is 2. The van der Waals surface area contributed by atoms with Gasteiger partial charge in [0.2, 0.25) is 0 Å². The number of benzene rings is 2. The van der Waals surface area contributed by atoms with E-state index >= 15 is 0 Å². The Bertz CT molecular complexity index is 904. The van der Waals surface area contributed by atoms with Crippen LogP contribution in [-0.4, -0.2) is 33.1 Å². The monoisotopic (exact) mass is 493 g/mol. The van der Waals surface area contributed by atoms with Crippen LogP contribution in [0.15, 0.2) is 45.7 Å². The molecular formula is C21H24INO3Si. The zero-order valence-electron chi connectivity index (χ0n) is 16.3. The quantitative estimate of drug-likeness (QED) is 0.417. The summed E-state index contributed by atoms with van der Waals surface area (Å²) < 4.78 is 12.2. The van der Waals surface area contributed by atoms with Gasteiger partial charge in [-0.2, -0.15) is 0 Å². The number of methoxy groups -OCH3 is 2. The van der Waals surface area contributed by atoms with Crippen molar-refractivity contribution in [2.45, 2.75) is 26.2 Å². The van der Waals surface area contributed by atoms with Gasteiger partial charge < -0.3 is 14.4 Å². The molecule has 142 valence electrons. The molecule has 3 rings (SSSR count). The summed E-state index contributed by atoms with van der Waals surface area (Å²) in [5, 5.41) is 0. The summed E-state index contributed by atoms with van der Waals surface area (Å²) >= 11 is 2.43. The number of carbonyl (C=O) groups is 1. The van der Waals surface area contributed by atoms with Crippen LogP contribution in [0.2, 0.25) is 19.6 Å². The zero-order valence-corrected chi connectivity index (χ0v) is 19.5. The van der Waals surface area contributed by atoms with Gasteiger partial charge in [0.05, 0.1) is 40.1 Å². The van der Waals surface area contributed by atoms with Gasteiger partial charge in [0.25, 0.3) is 5.91 Å². The fourth-order valence-corrected chi connectivity index (χ4v) is 4.71. The second-order valence-corrected chi connectivity index (χ2v) is 14.6. The number of halogens is 1. The maximum absolute atomic E-state index is 13.3. The molecule has 27 heavy (non-hydrogen) atoms. The third-order valence-corrected chi connectivity index (χ3v) is 11.5. The van der Waals surface area contributed by atoms with Crippen molar-refractivity contribution in [3.63, 3.8) is 0 Å². The highest BCUT2D eigenvalue weighted by atomic mass is 127. The normalized spacial score (nSPS) is 15.6. The number of carbonyl (C=O) groups excluding carboxylic acids is 1. The maximum Gasteiger partial charge on any atom is 0.259 e. The third-order valence-electron chi connectivity index (χ3n) is 4.57. The molecule has 1 amide bonds. The van der Waals surface area contributed by atoms with E-state index in [-0.39, 0.29) is 5.91 Å². The molecule has 0 N–H and O–H groups in total. The second-order valence-electron chi connectivity index (χ2n) is 7.54. The second kappa shape index (κ2) is 7.67. The van der Waals surface area contributed by atoms with Gasteiger partial charge in [0.1, 0.15) is 0 Å². The third kappa shape index (κ3) is 3.78. The highest BCUT2D eigenvalue weighted by molar-refractivity contribution is 14.1. The summed E-state index contributed by atoms with van der Waals surface area (Å²) in [5.41, 5.74) is 3.72. The molecule has 0 aliphatic carbocycles. The van der Waals surface area contributed by atoms with E-state index in [1.807, 2.05) is 29.2 Å². The lowest BCUT2D eigenvalue weighted by molar-refractivity contribution is 0.0842. The predicted molar refractivity (Wildman–Crippen MR) is 120 cm³/mol. The first-order chi connectivity index (χ1) is 12.8. The maximum atomic E-state index is 13.3. The van der Waals surface area contributed by atoms with Crippen molar-refractivity contribution in [1.82, 2.24) is 4.90 Å². The average Bonchev–Trinajstić information content (AvgIpc) is 2.91. The summed E-state index contributed by atoms with van der Waals surface area (Å²) in [6, 6.07) is 13.8. The number of fused-ring (bicyclic) bond motifs is 1. The molecule has 1 aliphatic heterocycles. The van der Waals surface area contributed by atoms with E-state index in [1.165, 1.54) is 3.20 Å². The number of hydrogen-bond donors (Lipinski definition) is 0. The lowest BCUT2D eigenvalue weighted by Crippen LogP contribution is -2.28. The molecule has 1 heterocycles. The van der Waals surface area contributed by atoms with Crippen LogP contribution in [0.1, 0.15) is 21.5 Å². The van der Waals surface area contributed by atoms with Crippen molar-refractivity contribution < 1.29 is 14.3 Å². The van der Waals surface area contributed by atoms with Crippen LogP contribution in [-0.2, 0) is 6.54 Å². The van der Waals surface area contributed by atoms with Gasteiger partial charge >= 0.3 is 0 Å². The van der Waals surface area contributed by atoms with Crippen LogP contribution >= 0.6 is 22.6 Å². The van der Waals surface area contributed by atoms with Crippen LogP contribution in [0.5, 0.6) is 11.5 Å². The molecule has 0 bridgehead atoms. The Labute approximate surface area is 175 Å². The van der Waals surface area contributed by atoms with Crippen LogP contribution in [0.4, 0.5) is 0 Å². The van der Waals surface area contributed by atoms with Crippen LogP contribution < -0.4 is 9.47 Å². The number of amides is 1. The number of rotatable bonds is 5. The van der Waals surface area contributed by atoms with E-state index < -0.39 is 8.07 Å². The van der Waals surface area contributed by atoms with Gasteiger partial charge in [0, 0.05) is 8.77 Å². The first-order valence-corrected chi connectivity index (χ1v) is 13.4. The molecular weight excluding hydrogens is 469 g/mol. The van der Waals surface area contributed by atoms with Gasteiger partial charge in [0.15, 0.2) is 11.5 Å². The van der Waals surface area contributed by atoms with Crippen molar-refractivity contribution in [2.75, 3.05) is 14.2 Å². The van der Waals surface area contributed by atoms with Crippen molar-refractivity contribution in [3.8, 4) is 11.5 Å². The standard InChI is InChI=1S/C21H24INO3Si/c1-25-17-11-15-16(12-18(17)26-2)21(24)23(13-14-9-7-6-8-10-14)19(15)20(22)27(3,4)5/h6-12H,13H2,1-5H3/b20-19-. The number of hydrogen-bond acceptors (Lipinski definition) is 3. The Morgan fingerprint density at radius 2 is 1.56 bits per heavy atom. The van der Waals surface area contributed by atoms with Gasteiger partial charge in [-0.3, -0.25) is 4.79 Å². The Kier molecular flexibility index (Phi) is 5.67. The van der Waals surface area contributed by atoms with Crippen molar-refractivity contribution in [1.29, 1.82) is 0 Å². The molecule has 0 saturated carbocycles. The summed E-state index contributed by atoms with van der Waals surface area (Å²) in [6.07, 6.45) is 0. The highest BCUT2D eigenvalue weighted by Gasteiger charge is 2.38. The largest absolute Gasteiger partial charge is 0.493 e. The van der Waals surface area contributed by atoms with Crippen LogP contribution in [0.25, 0.3) is 5.70 Å². The minimum Gasteiger partial charge on any atom is -0.493 e. The highest BCUT2D eigenvalue weighted by Crippen LogP contribution is 2.44. The van der Waals surface area contributed by atoms with Crippen molar-refractivity contribution >= 4 is 42.3 Å². The Hall–Kier alpha value is -1.80. The van der Waals surface area contributed by atoms with E-state index in [0.717, 1.165) is 16.8 Å². The molecule has 2 aromatic rings. The molecule has 0 radical (unpaired) electrons. The van der Waals surface area contributed by atoms with Crippen LogP contribution in [0, 0.1) is 0 Å². The van der Waals surface area contributed by atoms with Gasteiger partial charge in [-0.25, -0.2) is 0 Å². The Morgan fingerprint density at radius 3 is 2.07 bits per heavy atom. The lowest BCUT2D eigenvalue weighted by Gasteiger charge is -2.25. The summed E-state index contributed by atoms with van der Waals surface area (Å²) in [5.74, 6) is 1.23. The minimum absolute atomic E-state index is 0.0113. The molecule has 6 heteroatoms. The predicted octanol–water partition coefficient (Wildman–Crippen LogP) is 5.34. The average molecular weight is 493 g/mol. The molecule has 0 aromatic heterocycles. The van der Waals surface area contributed by atoms with E-state index in [2.05, 4.69) is 54.4 Å². The first-order valence-electron chi connectivity index (χ1n) is 8.80. The number of nitrogens with zero attached hydrogens (tertiary/aromatic N) is 1. The minimum atomic E-state index is -1.63. The summed E-state index contributed by atoms with van der Waals surface area (Å²) in [7, 11) is 1.58. The van der Waals surface area contributed by atoms with Crippen molar-refractivity contribution in [2.24, 2.45) is 0 Å². The van der Waals surface area contributed by atoms with E-state index in [1.54, 1.807) is 20.3 Å². The smallest absolute Gasteiger partial charge is 0.259 e. The lowest BCUT2D eigenvalue weighted by atomic mass is 10.1. The molecule has 0 fully saturated rings. The molecule has 0 atom stereocenters. The van der Waals surface area contributed by atoms with E-state index in [0.29, 0.717) is 23.6 Å². The fraction of sp³-hybridized carbons (Fsp3) is 0.286. The summed E-state index contributed by atoms with van der Waals surface area (Å²) in [4.78, 5) is 15.2. The molecule has 0 spiro atoms. The van der Waals surface area contributed by atoms with E-state index in [4.69, 9.17) is 9.47 Å². The molecule has 4 nitrogen and oxygen atoms in total. The molecule has 1 aliphatic rings.